The van der Waals surface area contributed by atoms with E-state index in [-0.39, 0.29) is 6.54 Å². The van der Waals surface area contributed by atoms with Crippen molar-refractivity contribution in [1.82, 2.24) is 9.44 Å². The average Bonchev–Trinajstić information content (AvgIpc) is 2.01. The molecule has 0 aromatic heterocycles. The van der Waals surface area contributed by atoms with Crippen molar-refractivity contribution >= 4 is 10.2 Å². The highest BCUT2D eigenvalue weighted by Gasteiger charge is 2.29. The Bertz CT molecular complexity index is 274. The van der Waals surface area contributed by atoms with Gasteiger partial charge in [0.2, 0.25) is 0 Å². The summed E-state index contributed by atoms with van der Waals surface area (Å²) >= 11 is 0. The largest absolute Gasteiger partial charge is 0.391 e. The molecule has 0 saturated heterocycles. The van der Waals surface area contributed by atoms with Crippen LogP contribution < -0.4 is 9.44 Å². The standard InChI is InChI=1S/C8H20N2O4S/c1-7(11)8(2,3)10-15(12,13)9-5-6-14-4/h7,9-11H,5-6H2,1-4H3. The minimum atomic E-state index is -3.60. The number of ether oxygens (including phenoxy) is 1. The topological polar surface area (TPSA) is 87.7 Å². The molecule has 7 heteroatoms. The molecule has 0 aromatic rings. The molecular weight excluding hydrogens is 220 g/mol. The van der Waals surface area contributed by atoms with Crippen LogP contribution in [-0.4, -0.2) is 45.4 Å². The van der Waals surface area contributed by atoms with Crippen molar-refractivity contribution in [3.05, 3.63) is 0 Å². The molecule has 0 rings (SSSR count). The van der Waals surface area contributed by atoms with Crippen molar-refractivity contribution in [2.45, 2.75) is 32.4 Å². The first-order valence-corrected chi connectivity index (χ1v) is 6.15. The number of nitrogens with one attached hydrogen (secondary N) is 2. The molecule has 6 nitrogen and oxygen atoms in total. The number of methoxy groups -OCH3 is 1. The number of hydrogen-bond donors (Lipinski definition) is 3. The van der Waals surface area contributed by atoms with E-state index >= 15 is 0 Å². The third-order valence-electron chi connectivity index (χ3n) is 2.04. The van der Waals surface area contributed by atoms with Crippen LogP contribution in [0.3, 0.4) is 0 Å². The molecule has 0 amide bonds. The van der Waals surface area contributed by atoms with Crippen LogP contribution in [0.25, 0.3) is 0 Å². The summed E-state index contributed by atoms with van der Waals surface area (Å²) in [5.74, 6) is 0. The van der Waals surface area contributed by atoms with E-state index in [2.05, 4.69) is 9.44 Å². The Labute approximate surface area is 91.2 Å². The maximum atomic E-state index is 11.4. The van der Waals surface area contributed by atoms with E-state index in [4.69, 9.17) is 4.74 Å². The van der Waals surface area contributed by atoms with Crippen LogP contribution in [0.4, 0.5) is 0 Å². The molecular formula is C8H20N2O4S. The normalized spacial score (nSPS) is 15.3. The van der Waals surface area contributed by atoms with Crippen molar-refractivity contribution in [1.29, 1.82) is 0 Å². The highest BCUT2D eigenvalue weighted by Crippen LogP contribution is 2.09. The van der Waals surface area contributed by atoms with Crippen molar-refractivity contribution in [2.24, 2.45) is 0 Å². The molecule has 1 unspecified atom stereocenters. The van der Waals surface area contributed by atoms with Gasteiger partial charge in [0.15, 0.2) is 0 Å². The lowest BCUT2D eigenvalue weighted by Gasteiger charge is -2.28. The van der Waals surface area contributed by atoms with Crippen LogP contribution in [-0.2, 0) is 14.9 Å². The third-order valence-corrected chi connectivity index (χ3v) is 3.42. The second kappa shape index (κ2) is 5.76. The third kappa shape index (κ3) is 6.06. The molecule has 0 bridgehead atoms. The van der Waals surface area contributed by atoms with E-state index in [0.29, 0.717) is 6.61 Å². The molecule has 3 N–H and O–H groups in total. The molecule has 0 saturated carbocycles. The summed E-state index contributed by atoms with van der Waals surface area (Å²) in [7, 11) is -2.11. The van der Waals surface area contributed by atoms with Gasteiger partial charge in [0.05, 0.1) is 18.2 Å². The van der Waals surface area contributed by atoms with Gasteiger partial charge in [-0.1, -0.05) is 0 Å². The summed E-state index contributed by atoms with van der Waals surface area (Å²) < 4.78 is 32.2. The Balaban J connectivity index is 4.26. The fourth-order valence-electron chi connectivity index (χ4n) is 0.746. The molecule has 1 atom stereocenters. The molecule has 0 aliphatic rings. The SMILES string of the molecule is COCCNS(=O)(=O)NC(C)(C)C(C)O. The van der Waals surface area contributed by atoms with E-state index in [0.717, 1.165) is 0 Å². The van der Waals surface area contributed by atoms with E-state index in [1.807, 2.05) is 0 Å². The molecule has 0 aromatic carbocycles. The Morgan fingerprint density at radius 1 is 1.47 bits per heavy atom. The van der Waals surface area contributed by atoms with E-state index in [1.54, 1.807) is 13.8 Å². The average molecular weight is 240 g/mol. The summed E-state index contributed by atoms with van der Waals surface area (Å²) in [5, 5.41) is 9.34. The second-order valence-electron chi connectivity index (χ2n) is 3.89. The van der Waals surface area contributed by atoms with Crippen LogP contribution in [0.1, 0.15) is 20.8 Å². The number of rotatable bonds is 7. The Hall–Kier alpha value is -0.210. The number of aliphatic hydroxyl groups excluding tert-OH is 1. The molecule has 0 fully saturated rings. The van der Waals surface area contributed by atoms with Gasteiger partial charge in [-0.2, -0.15) is 17.9 Å². The Morgan fingerprint density at radius 2 is 2.00 bits per heavy atom. The summed E-state index contributed by atoms with van der Waals surface area (Å²) in [6.45, 7) is 5.23. The summed E-state index contributed by atoms with van der Waals surface area (Å²) in [5.41, 5.74) is -0.904. The van der Waals surface area contributed by atoms with Gasteiger partial charge in [0.25, 0.3) is 10.2 Å². The fourth-order valence-corrected chi connectivity index (χ4v) is 2.03. The van der Waals surface area contributed by atoms with E-state index in [1.165, 1.54) is 14.0 Å². The molecule has 15 heavy (non-hydrogen) atoms. The van der Waals surface area contributed by atoms with Crippen molar-refractivity contribution < 1.29 is 18.3 Å². The summed E-state index contributed by atoms with van der Waals surface area (Å²) in [4.78, 5) is 0. The van der Waals surface area contributed by atoms with Gasteiger partial charge in [-0.25, -0.2) is 0 Å². The lowest BCUT2D eigenvalue weighted by molar-refractivity contribution is 0.111. The maximum Gasteiger partial charge on any atom is 0.277 e. The van der Waals surface area contributed by atoms with Gasteiger partial charge in [-0.15, -0.1) is 0 Å². The lowest BCUT2D eigenvalue weighted by atomic mass is 10.0. The first-order valence-electron chi connectivity index (χ1n) is 4.67. The van der Waals surface area contributed by atoms with Crippen LogP contribution in [0.5, 0.6) is 0 Å². The predicted octanol–water partition coefficient (Wildman–Crippen LogP) is -0.784. The van der Waals surface area contributed by atoms with Crippen LogP contribution >= 0.6 is 0 Å². The van der Waals surface area contributed by atoms with Crippen molar-refractivity contribution in [2.75, 3.05) is 20.3 Å². The van der Waals surface area contributed by atoms with Gasteiger partial charge >= 0.3 is 0 Å². The smallest absolute Gasteiger partial charge is 0.277 e. The predicted molar refractivity (Wildman–Crippen MR) is 57.7 cm³/mol. The minimum Gasteiger partial charge on any atom is -0.391 e. The zero-order valence-corrected chi connectivity index (χ0v) is 10.4. The molecule has 0 heterocycles. The first-order chi connectivity index (χ1) is 6.71. The zero-order valence-electron chi connectivity index (χ0n) is 9.57. The summed E-state index contributed by atoms with van der Waals surface area (Å²) in [6, 6.07) is 0. The van der Waals surface area contributed by atoms with Gasteiger partial charge < -0.3 is 9.84 Å². The maximum absolute atomic E-state index is 11.4. The monoisotopic (exact) mass is 240 g/mol. The van der Waals surface area contributed by atoms with Gasteiger partial charge in [0.1, 0.15) is 0 Å². The quantitative estimate of drug-likeness (QED) is 0.509. The molecule has 0 aliphatic heterocycles. The number of hydrogen-bond acceptors (Lipinski definition) is 4. The van der Waals surface area contributed by atoms with Crippen molar-refractivity contribution in [3.63, 3.8) is 0 Å². The molecule has 92 valence electrons. The number of aliphatic hydroxyl groups is 1. The highest BCUT2D eigenvalue weighted by atomic mass is 32.2. The second-order valence-corrected chi connectivity index (χ2v) is 5.39. The van der Waals surface area contributed by atoms with Crippen molar-refractivity contribution in [3.8, 4) is 0 Å². The fraction of sp³-hybridized carbons (Fsp3) is 1.00. The zero-order chi connectivity index (χ0) is 12.1. The summed E-state index contributed by atoms with van der Waals surface area (Å²) in [6.07, 6.45) is -0.781. The van der Waals surface area contributed by atoms with E-state index in [9.17, 15) is 13.5 Å². The minimum absolute atomic E-state index is 0.196. The van der Waals surface area contributed by atoms with Gasteiger partial charge in [-0.05, 0) is 20.8 Å². The lowest BCUT2D eigenvalue weighted by Crippen LogP contribution is -2.54. The Kier molecular flexibility index (Phi) is 5.68. The molecule has 0 spiro atoms. The molecule has 0 radical (unpaired) electrons. The van der Waals surface area contributed by atoms with Crippen LogP contribution in [0.2, 0.25) is 0 Å². The Morgan fingerprint density at radius 3 is 2.40 bits per heavy atom. The first kappa shape index (κ1) is 14.8. The highest BCUT2D eigenvalue weighted by molar-refractivity contribution is 7.87. The van der Waals surface area contributed by atoms with Gasteiger partial charge in [-0.3, -0.25) is 0 Å². The van der Waals surface area contributed by atoms with Crippen LogP contribution in [0.15, 0.2) is 0 Å². The van der Waals surface area contributed by atoms with Crippen LogP contribution in [0, 0.1) is 0 Å². The van der Waals surface area contributed by atoms with Gasteiger partial charge in [0, 0.05) is 13.7 Å². The molecule has 0 aliphatic carbocycles. The van der Waals surface area contributed by atoms with E-state index < -0.39 is 21.9 Å².